The average molecular weight is 1100 g/mol. The van der Waals surface area contributed by atoms with Gasteiger partial charge in [0.1, 0.15) is 24.4 Å². The van der Waals surface area contributed by atoms with Crippen LogP contribution in [0.25, 0.3) is 0 Å². The summed E-state index contributed by atoms with van der Waals surface area (Å²) in [4.78, 5) is 13.1. The molecule has 78 heavy (non-hydrogen) atoms. The van der Waals surface area contributed by atoms with Crippen LogP contribution in [0.4, 0.5) is 0 Å². The molecule has 1 amide bonds. The van der Waals surface area contributed by atoms with E-state index < -0.39 is 49.5 Å². The molecule has 9 nitrogen and oxygen atoms in total. The first-order valence-corrected chi connectivity index (χ1v) is 34.2. The molecule has 1 rings (SSSR count). The lowest BCUT2D eigenvalue weighted by Gasteiger charge is -2.40. The second kappa shape index (κ2) is 58.6. The number of carbonyl (C=O) groups excluding carboxylic acids is 1. The summed E-state index contributed by atoms with van der Waals surface area (Å²) in [7, 11) is 0. The first-order chi connectivity index (χ1) is 38.3. The van der Waals surface area contributed by atoms with Crippen LogP contribution in [0.3, 0.4) is 0 Å². The number of amides is 1. The summed E-state index contributed by atoms with van der Waals surface area (Å²) >= 11 is 0. The van der Waals surface area contributed by atoms with Crippen molar-refractivity contribution in [2.45, 2.75) is 384 Å². The molecule has 0 saturated carbocycles. The average Bonchev–Trinajstić information content (AvgIpc) is 3.45. The summed E-state index contributed by atoms with van der Waals surface area (Å²) in [5.74, 6) is -0.173. The molecule has 0 aromatic carbocycles. The molecule has 1 aliphatic rings. The molecule has 0 radical (unpaired) electrons. The van der Waals surface area contributed by atoms with E-state index in [1.165, 1.54) is 276 Å². The Bertz CT molecular complexity index is 1320. The highest BCUT2D eigenvalue weighted by atomic mass is 16.7. The normalized spacial score (nSPS) is 18.8. The van der Waals surface area contributed by atoms with E-state index in [9.17, 15) is 30.3 Å². The SMILES string of the molecule is CCCCCCC/C=C\C/C=C\CCCCCCCCCCCCCCCC(=O)NC(COC1OC(CO)C(O)C(O)C1O)C(O)/C=C/CCCCCCCCCCCCCCCCCCCCCCCCCCCCCC. The fourth-order valence-electron chi connectivity index (χ4n) is 11.1. The maximum absolute atomic E-state index is 13.1. The highest BCUT2D eigenvalue weighted by Crippen LogP contribution is 2.23. The lowest BCUT2D eigenvalue weighted by atomic mass is 9.99. The van der Waals surface area contributed by atoms with Gasteiger partial charge in [-0.25, -0.2) is 0 Å². The van der Waals surface area contributed by atoms with Crippen molar-refractivity contribution in [3.05, 3.63) is 36.5 Å². The Morgan fingerprint density at radius 3 is 1.10 bits per heavy atom. The Labute approximate surface area is 482 Å². The largest absolute Gasteiger partial charge is 0.394 e. The van der Waals surface area contributed by atoms with Crippen molar-refractivity contribution >= 4 is 5.91 Å². The second-order valence-corrected chi connectivity index (χ2v) is 24.0. The van der Waals surface area contributed by atoms with E-state index in [4.69, 9.17) is 9.47 Å². The monoisotopic (exact) mass is 1100 g/mol. The van der Waals surface area contributed by atoms with Crippen molar-refractivity contribution in [1.29, 1.82) is 0 Å². The van der Waals surface area contributed by atoms with Crippen molar-refractivity contribution < 1.29 is 39.8 Å². The fraction of sp³-hybridized carbons (Fsp3) is 0.899. The van der Waals surface area contributed by atoms with Gasteiger partial charge in [-0.3, -0.25) is 4.79 Å². The van der Waals surface area contributed by atoms with Crippen LogP contribution in [0, 0.1) is 0 Å². The summed E-state index contributed by atoms with van der Waals surface area (Å²) in [5, 5.41) is 54.7. The smallest absolute Gasteiger partial charge is 0.220 e. The molecule has 0 bridgehead atoms. The molecule has 7 unspecified atom stereocenters. The first kappa shape index (κ1) is 74.4. The van der Waals surface area contributed by atoms with E-state index in [2.05, 4.69) is 43.5 Å². The van der Waals surface area contributed by atoms with Gasteiger partial charge in [0, 0.05) is 6.42 Å². The molecular weight excluding hydrogens is 971 g/mol. The third-order valence-corrected chi connectivity index (χ3v) is 16.5. The van der Waals surface area contributed by atoms with Gasteiger partial charge in [-0.1, -0.05) is 320 Å². The number of nitrogens with one attached hydrogen (secondary N) is 1. The van der Waals surface area contributed by atoms with Crippen molar-refractivity contribution in [3.8, 4) is 0 Å². The first-order valence-electron chi connectivity index (χ1n) is 34.2. The van der Waals surface area contributed by atoms with Gasteiger partial charge in [-0.2, -0.15) is 0 Å². The molecule has 0 spiro atoms. The van der Waals surface area contributed by atoms with E-state index in [0.29, 0.717) is 6.42 Å². The van der Waals surface area contributed by atoms with Crippen molar-refractivity contribution in [2.75, 3.05) is 13.2 Å². The van der Waals surface area contributed by atoms with E-state index in [1.807, 2.05) is 6.08 Å². The quantitative estimate of drug-likeness (QED) is 0.0261. The minimum atomic E-state index is -1.57. The minimum absolute atomic E-state index is 0.173. The highest BCUT2D eigenvalue weighted by molar-refractivity contribution is 5.76. The Hall–Kier alpha value is -1.59. The summed E-state index contributed by atoms with van der Waals surface area (Å²) in [6, 6.07) is -0.806. The number of allylic oxidation sites excluding steroid dienone is 5. The van der Waals surface area contributed by atoms with Gasteiger partial charge in [0.25, 0.3) is 0 Å². The van der Waals surface area contributed by atoms with Crippen LogP contribution in [0.1, 0.15) is 341 Å². The van der Waals surface area contributed by atoms with E-state index in [1.54, 1.807) is 6.08 Å². The summed E-state index contributed by atoms with van der Waals surface area (Å²) in [6.45, 7) is 3.82. The van der Waals surface area contributed by atoms with Gasteiger partial charge in [0.15, 0.2) is 6.29 Å². The molecular formula is C69H131NO8. The van der Waals surface area contributed by atoms with Gasteiger partial charge in [0.2, 0.25) is 5.91 Å². The standard InChI is InChI=1S/C69H131NO8/c1-3-5-7-9-11-13-15-17-19-21-23-25-27-29-30-31-32-33-35-36-38-40-42-44-46-48-50-52-54-56-58-63(72)62(61-77-69-68(76)67(75)66(74)64(60-71)78-69)70-65(73)59-57-55-53-51-49-47-45-43-41-39-37-34-28-26-24-22-20-18-16-14-12-10-8-6-4-2/h16,18,22,24,56,58,62-64,66-69,71-72,74-76H,3-15,17,19-21,23,25-55,57,59-61H2,1-2H3,(H,70,73)/b18-16-,24-22-,58-56+. The van der Waals surface area contributed by atoms with Gasteiger partial charge < -0.3 is 40.3 Å². The third kappa shape index (κ3) is 47.0. The number of rotatable bonds is 60. The Morgan fingerprint density at radius 1 is 0.436 bits per heavy atom. The Balaban J connectivity index is 2.14. The van der Waals surface area contributed by atoms with Crippen molar-refractivity contribution in [1.82, 2.24) is 5.32 Å². The third-order valence-electron chi connectivity index (χ3n) is 16.5. The van der Waals surface area contributed by atoms with E-state index >= 15 is 0 Å². The van der Waals surface area contributed by atoms with Gasteiger partial charge in [0.05, 0.1) is 25.4 Å². The van der Waals surface area contributed by atoms with Crippen molar-refractivity contribution in [2.24, 2.45) is 0 Å². The molecule has 1 saturated heterocycles. The predicted octanol–water partition coefficient (Wildman–Crippen LogP) is 18.3. The number of aliphatic hydroxyl groups is 5. The molecule has 0 aromatic rings. The molecule has 1 heterocycles. The number of hydrogen-bond donors (Lipinski definition) is 6. The summed E-state index contributed by atoms with van der Waals surface area (Å²) in [6.07, 6.45) is 71.0. The molecule has 0 aliphatic carbocycles. The van der Waals surface area contributed by atoms with E-state index in [-0.39, 0.29) is 12.5 Å². The van der Waals surface area contributed by atoms with Gasteiger partial charge >= 0.3 is 0 Å². The molecule has 6 N–H and O–H groups in total. The van der Waals surface area contributed by atoms with Crippen LogP contribution in [0.15, 0.2) is 36.5 Å². The zero-order valence-electron chi connectivity index (χ0n) is 51.4. The van der Waals surface area contributed by atoms with Crippen LogP contribution in [0.5, 0.6) is 0 Å². The summed E-state index contributed by atoms with van der Waals surface area (Å²) in [5.41, 5.74) is 0. The molecule has 9 heteroatoms. The van der Waals surface area contributed by atoms with Gasteiger partial charge in [-0.05, 0) is 51.4 Å². The number of carbonyl (C=O) groups is 1. The maximum atomic E-state index is 13.1. The zero-order chi connectivity index (χ0) is 56.5. The van der Waals surface area contributed by atoms with Gasteiger partial charge in [-0.15, -0.1) is 0 Å². The predicted molar refractivity (Wildman–Crippen MR) is 332 cm³/mol. The molecule has 1 aliphatic heterocycles. The number of hydrogen-bond acceptors (Lipinski definition) is 8. The van der Waals surface area contributed by atoms with Crippen LogP contribution in [-0.4, -0.2) is 87.5 Å². The Morgan fingerprint density at radius 2 is 0.756 bits per heavy atom. The lowest BCUT2D eigenvalue weighted by Crippen LogP contribution is -2.60. The lowest BCUT2D eigenvalue weighted by molar-refractivity contribution is -0.302. The maximum Gasteiger partial charge on any atom is 0.220 e. The number of ether oxygens (including phenoxy) is 2. The fourth-order valence-corrected chi connectivity index (χ4v) is 11.1. The van der Waals surface area contributed by atoms with Crippen molar-refractivity contribution in [3.63, 3.8) is 0 Å². The van der Waals surface area contributed by atoms with Crippen LogP contribution in [-0.2, 0) is 14.3 Å². The molecule has 1 fully saturated rings. The van der Waals surface area contributed by atoms with Crippen LogP contribution < -0.4 is 5.32 Å². The van der Waals surface area contributed by atoms with Crippen LogP contribution >= 0.6 is 0 Å². The number of unbranched alkanes of at least 4 members (excludes halogenated alkanes) is 46. The van der Waals surface area contributed by atoms with Crippen LogP contribution in [0.2, 0.25) is 0 Å². The minimum Gasteiger partial charge on any atom is -0.394 e. The van der Waals surface area contributed by atoms with E-state index in [0.717, 1.165) is 44.9 Å². The Kier molecular flexibility index (Phi) is 55.9. The summed E-state index contributed by atoms with van der Waals surface area (Å²) < 4.78 is 11.3. The molecule has 0 aromatic heterocycles. The second-order valence-electron chi connectivity index (χ2n) is 24.0. The zero-order valence-corrected chi connectivity index (χ0v) is 51.4. The topological polar surface area (TPSA) is 149 Å². The highest BCUT2D eigenvalue weighted by Gasteiger charge is 2.44. The number of aliphatic hydroxyl groups excluding tert-OH is 5. The molecule has 460 valence electrons. The molecule has 7 atom stereocenters.